The summed E-state index contributed by atoms with van der Waals surface area (Å²) in [6.45, 7) is 5.83. The van der Waals surface area contributed by atoms with E-state index in [4.69, 9.17) is 11.6 Å². The van der Waals surface area contributed by atoms with Gasteiger partial charge in [0.25, 0.3) is 0 Å². The number of nitrogens with one attached hydrogen (secondary N) is 1. The fourth-order valence-electron chi connectivity index (χ4n) is 2.56. The first-order valence-electron chi connectivity index (χ1n) is 6.60. The maximum Gasteiger partial charge on any atom is 0.146 e. The highest BCUT2D eigenvalue weighted by molar-refractivity contribution is 6.30. The molecule has 1 N–H and O–H groups in total. The molecule has 1 aliphatic rings. The normalized spacial score (nSPS) is 17.3. The van der Waals surface area contributed by atoms with Crippen LogP contribution in [0.15, 0.2) is 18.2 Å². The Morgan fingerprint density at radius 2 is 2.11 bits per heavy atom. The Labute approximate surface area is 113 Å². The molecule has 0 amide bonds. The van der Waals surface area contributed by atoms with Crippen molar-refractivity contribution in [3.8, 4) is 0 Å². The fraction of sp³-hybridized carbons (Fsp3) is 0.571. The molecule has 0 atom stereocenters. The summed E-state index contributed by atoms with van der Waals surface area (Å²) in [5.41, 5.74) is 0.697. The molecule has 2 rings (SSSR count). The van der Waals surface area contributed by atoms with Crippen molar-refractivity contribution in [1.29, 1.82) is 0 Å². The van der Waals surface area contributed by atoms with Gasteiger partial charge in [-0.2, -0.15) is 0 Å². The van der Waals surface area contributed by atoms with Gasteiger partial charge in [-0.25, -0.2) is 4.39 Å². The Hall–Kier alpha value is -0.640. The second kappa shape index (κ2) is 6.50. The summed E-state index contributed by atoms with van der Waals surface area (Å²) in [7, 11) is 0. The van der Waals surface area contributed by atoms with Crippen LogP contribution in [0.1, 0.15) is 25.3 Å². The predicted molar refractivity (Wildman–Crippen MR) is 73.4 cm³/mol. The van der Waals surface area contributed by atoms with E-state index < -0.39 is 0 Å². The number of hydrogen-bond acceptors (Lipinski definition) is 2. The highest BCUT2D eigenvalue weighted by atomic mass is 35.5. The molecule has 0 spiro atoms. The number of nitrogens with zero attached hydrogens (tertiary/aromatic N) is 1. The van der Waals surface area contributed by atoms with E-state index in [2.05, 4.69) is 17.1 Å². The third-order valence-electron chi connectivity index (χ3n) is 3.64. The molecule has 1 heterocycles. The lowest BCUT2D eigenvalue weighted by molar-refractivity contribution is 0.160. The maximum atomic E-state index is 13.9. The Morgan fingerprint density at radius 3 is 2.78 bits per heavy atom. The minimum atomic E-state index is -0.272. The van der Waals surface area contributed by atoms with Gasteiger partial charge in [-0.05, 0) is 38.5 Å². The van der Waals surface area contributed by atoms with Gasteiger partial charge in [-0.1, -0.05) is 30.7 Å². The summed E-state index contributed by atoms with van der Waals surface area (Å²) in [4.78, 5) is 2.34. The van der Waals surface area contributed by atoms with Crippen LogP contribution in [0.4, 0.5) is 4.39 Å². The molecule has 100 valence electrons. The number of rotatable bonds is 4. The first-order chi connectivity index (χ1) is 8.72. The smallest absolute Gasteiger partial charge is 0.146 e. The summed E-state index contributed by atoms with van der Waals surface area (Å²) in [6, 6.07) is 5.79. The molecule has 0 aromatic heterocycles. The Kier molecular flexibility index (Phi) is 4.98. The zero-order valence-electron chi connectivity index (χ0n) is 10.8. The van der Waals surface area contributed by atoms with Crippen molar-refractivity contribution in [1.82, 2.24) is 10.2 Å². The van der Waals surface area contributed by atoms with Crippen molar-refractivity contribution in [2.75, 3.05) is 19.6 Å². The minimum absolute atomic E-state index is 0.217. The molecule has 18 heavy (non-hydrogen) atoms. The van der Waals surface area contributed by atoms with Gasteiger partial charge in [0, 0.05) is 18.2 Å². The van der Waals surface area contributed by atoms with Crippen LogP contribution in [0.25, 0.3) is 0 Å². The van der Waals surface area contributed by atoms with E-state index >= 15 is 0 Å². The van der Waals surface area contributed by atoms with Crippen molar-refractivity contribution in [3.05, 3.63) is 34.6 Å². The lowest BCUT2D eigenvalue weighted by Crippen LogP contribution is -2.42. The first-order valence-corrected chi connectivity index (χ1v) is 6.97. The van der Waals surface area contributed by atoms with Gasteiger partial charge >= 0.3 is 0 Å². The third kappa shape index (κ3) is 3.22. The van der Waals surface area contributed by atoms with Crippen LogP contribution in [0, 0.1) is 5.82 Å². The van der Waals surface area contributed by atoms with Gasteiger partial charge in [0.05, 0.1) is 5.02 Å². The first kappa shape index (κ1) is 13.8. The Morgan fingerprint density at radius 1 is 1.39 bits per heavy atom. The highest BCUT2D eigenvalue weighted by Gasteiger charge is 2.20. The third-order valence-corrected chi connectivity index (χ3v) is 3.93. The molecular weight excluding hydrogens is 251 g/mol. The summed E-state index contributed by atoms with van der Waals surface area (Å²) in [5.74, 6) is -0.272. The van der Waals surface area contributed by atoms with Crippen molar-refractivity contribution in [2.45, 2.75) is 32.4 Å². The molecule has 0 unspecified atom stereocenters. The number of benzene rings is 1. The van der Waals surface area contributed by atoms with E-state index in [0.29, 0.717) is 18.2 Å². The van der Waals surface area contributed by atoms with Crippen LogP contribution in [0.2, 0.25) is 5.02 Å². The van der Waals surface area contributed by atoms with Crippen LogP contribution < -0.4 is 5.32 Å². The highest BCUT2D eigenvalue weighted by Crippen LogP contribution is 2.21. The van der Waals surface area contributed by atoms with Crippen LogP contribution >= 0.6 is 11.6 Å². The predicted octanol–water partition coefficient (Wildman–Crippen LogP) is 3.05. The molecule has 1 aliphatic heterocycles. The summed E-state index contributed by atoms with van der Waals surface area (Å²) < 4.78 is 13.9. The molecule has 4 heteroatoms. The molecule has 0 bridgehead atoms. The monoisotopic (exact) mass is 270 g/mol. The molecule has 2 nitrogen and oxygen atoms in total. The van der Waals surface area contributed by atoms with Gasteiger partial charge in [0.15, 0.2) is 0 Å². The van der Waals surface area contributed by atoms with E-state index in [-0.39, 0.29) is 10.8 Å². The summed E-state index contributed by atoms with van der Waals surface area (Å²) in [6.07, 6.45) is 2.27. The molecule has 1 aromatic rings. The summed E-state index contributed by atoms with van der Waals surface area (Å²) >= 11 is 5.82. The maximum absolute atomic E-state index is 13.9. The summed E-state index contributed by atoms with van der Waals surface area (Å²) in [5, 5.41) is 3.57. The molecular formula is C14H20ClFN2. The number of hydrogen-bond donors (Lipinski definition) is 1. The van der Waals surface area contributed by atoms with E-state index in [9.17, 15) is 4.39 Å². The SMILES string of the molecule is CCN(Cc1cccc(Cl)c1F)C1CCNCC1. The molecule has 1 aromatic carbocycles. The largest absolute Gasteiger partial charge is 0.317 e. The standard InChI is InChI=1S/C14H20ClFN2/c1-2-18(12-6-8-17-9-7-12)10-11-4-3-5-13(15)14(11)16/h3-5,12,17H,2,6-10H2,1H3. The minimum Gasteiger partial charge on any atom is -0.317 e. The molecule has 1 saturated heterocycles. The van der Waals surface area contributed by atoms with Gasteiger partial charge < -0.3 is 5.32 Å². The average molecular weight is 271 g/mol. The zero-order valence-corrected chi connectivity index (χ0v) is 11.5. The van der Waals surface area contributed by atoms with Crippen LogP contribution in [0.5, 0.6) is 0 Å². The van der Waals surface area contributed by atoms with Crippen LogP contribution in [0.3, 0.4) is 0 Å². The van der Waals surface area contributed by atoms with E-state index in [0.717, 1.165) is 32.5 Å². The average Bonchev–Trinajstić information content (AvgIpc) is 2.41. The molecule has 0 saturated carbocycles. The Balaban J connectivity index is 2.07. The molecule has 0 aliphatic carbocycles. The topological polar surface area (TPSA) is 15.3 Å². The van der Waals surface area contributed by atoms with Crippen molar-refractivity contribution >= 4 is 11.6 Å². The second-order valence-corrected chi connectivity index (χ2v) is 5.16. The van der Waals surface area contributed by atoms with Gasteiger partial charge in [-0.15, -0.1) is 0 Å². The lowest BCUT2D eigenvalue weighted by atomic mass is 10.0. The Bertz CT molecular complexity index is 391. The van der Waals surface area contributed by atoms with Gasteiger partial charge in [0.1, 0.15) is 5.82 Å². The lowest BCUT2D eigenvalue weighted by Gasteiger charge is -2.34. The fourth-order valence-corrected chi connectivity index (χ4v) is 2.75. The van der Waals surface area contributed by atoms with Crippen LogP contribution in [-0.2, 0) is 6.54 Å². The van der Waals surface area contributed by atoms with Gasteiger partial charge in [-0.3, -0.25) is 4.90 Å². The van der Waals surface area contributed by atoms with Crippen LogP contribution in [-0.4, -0.2) is 30.6 Å². The number of piperidine rings is 1. The zero-order chi connectivity index (χ0) is 13.0. The van der Waals surface area contributed by atoms with E-state index in [1.54, 1.807) is 6.07 Å². The van der Waals surface area contributed by atoms with E-state index in [1.807, 2.05) is 12.1 Å². The van der Waals surface area contributed by atoms with Crippen molar-refractivity contribution in [3.63, 3.8) is 0 Å². The van der Waals surface area contributed by atoms with E-state index in [1.165, 1.54) is 0 Å². The second-order valence-electron chi connectivity index (χ2n) is 4.76. The van der Waals surface area contributed by atoms with Crippen molar-refractivity contribution < 1.29 is 4.39 Å². The van der Waals surface area contributed by atoms with Crippen molar-refractivity contribution in [2.24, 2.45) is 0 Å². The quantitative estimate of drug-likeness (QED) is 0.905. The number of halogens is 2. The molecule has 1 fully saturated rings. The molecule has 0 radical (unpaired) electrons. The van der Waals surface area contributed by atoms with Gasteiger partial charge in [0.2, 0.25) is 0 Å².